The fourth-order valence-electron chi connectivity index (χ4n) is 3.76. The second kappa shape index (κ2) is 9.03. The maximum absolute atomic E-state index is 13.1. The largest absolute Gasteiger partial charge is 0.345 e. The first-order valence-electron chi connectivity index (χ1n) is 10.9. The third-order valence-electron chi connectivity index (χ3n) is 6.18. The summed E-state index contributed by atoms with van der Waals surface area (Å²) in [6, 6.07) is 1.67. The molecule has 0 unspecified atom stereocenters. The van der Waals surface area contributed by atoms with E-state index in [1.165, 1.54) is 24.2 Å². The summed E-state index contributed by atoms with van der Waals surface area (Å²) in [5.74, 6) is 0.0355. The fourth-order valence-corrected chi connectivity index (χ4v) is 6.62. The van der Waals surface area contributed by atoms with Crippen molar-refractivity contribution in [1.29, 1.82) is 0 Å². The van der Waals surface area contributed by atoms with Crippen LogP contribution in [0.5, 0.6) is 0 Å². The summed E-state index contributed by atoms with van der Waals surface area (Å²) >= 11 is 1.35. The third-order valence-corrected chi connectivity index (χ3v) is 9.16. The van der Waals surface area contributed by atoms with Crippen LogP contribution in [0.15, 0.2) is 11.0 Å². The first-order valence-corrected chi connectivity index (χ1v) is 13.2. The van der Waals surface area contributed by atoms with E-state index in [2.05, 4.69) is 9.71 Å². The number of sulfonamides is 1. The molecule has 1 fully saturated rings. The van der Waals surface area contributed by atoms with Crippen molar-refractivity contribution >= 4 is 27.3 Å². The predicted molar refractivity (Wildman–Crippen MR) is 125 cm³/mol. The smallest absolute Gasteiger partial charge is 0.265 e. The maximum atomic E-state index is 13.1. The maximum Gasteiger partial charge on any atom is 0.265 e. The molecule has 1 N–H and O–H groups in total. The van der Waals surface area contributed by atoms with Crippen LogP contribution in [0.2, 0.25) is 0 Å². The second-order valence-electron chi connectivity index (χ2n) is 9.02. The molecule has 7 nitrogen and oxygen atoms in total. The van der Waals surface area contributed by atoms with E-state index in [4.69, 9.17) is 0 Å². The number of aryl methyl sites for hydroxylation is 1. The van der Waals surface area contributed by atoms with Crippen molar-refractivity contribution in [2.24, 2.45) is 7.05 Å². The Morgan fingerprint density at radius 2 is 1.81 bits per heavy atom. The molecule has 0 saturated carbocycles. The van der Waals surface area contributed by atoms with E-state index in [0.717, 1.165) is 25.9 Å². The van der Waals surface area contributed by atoms with Crippen LogP contribution in [0, 0.1) is 13.8 Å². The van der Waals surface area contributed by atoms with E-state index >= 15 is 0 Å². The fraction of sp³-hybridized carbons (Fsp3) is 0.636. The van der Waals surface area contributed by atoms with Gasteiger partial charge in [-0.1, -0.05) is 19.8 Å². The van der Waals surface area contributed by atoms with Crippen molar-refractivity contribution < 1.29 is 13.2 Å². The highest BCUT2D eigenvalue weighted by Crippen LogP contribution is 2.33. The van der Waals surface area contributed by atoms with Crippen LogP contribution in [0.25, 0.3) is 10.7 Å². The molecule has 1 aliphatic rings. The highest BCUT2D eigenvalue weighted by molar-refractivity contribution is 7.89. The predicted octanol–water partition coefficient (Wildman–Crippen LogP) is 4.25. The zero-order valence-corrected chi connectivity index (χ0v) is 21.0. The van der Waals surface area contributed by atoms with Crippen LogP contribution < -0.4 is 4.72 Å². The highest BCUT2D eigenvalue weighted by Gasteiger charge is 2.30. The molecule has 2 aromatic rings. The molecule has 1 amide bonds. The minimum absolute atomic E-state index is 0.0355. The van der Waals surface area contributed by atoms with Crippen LogP contribution in [0.4, 0.5) is 0 Å². The highest BCUT2D eigenvalue weighted by atomic mass is 32.2. The van der Waals surface area contributed by atoms with Crippen LogP contribution >= 0.6 is 11.3 Å². The summed E-state index contributed by atoms with van der Waals surface area (Å²) < 4.78 is 30.7. The van der Waals surface area contributed by atoms with Gasteiger partial charge in [-0.05, 0) is 53.0 Å². The molecule has 31 heavy (non-hydrogen) atoms. The van der Waals surface area contributed by atoms with Crippen molar-refractivity contribution in [3.8, 4) is 10.7 Å². The van der Waals surface area contributed by atoms with Gasteiger partial charge in [0.25, 0.3) is 5.91 Å². The van der Waals surface area contributed by atoms with Crippen molar-refractivity contribution in [1.82, 2.24) is 19.2 Å². The number of aromatic nitrogens is 2. The van der Waals surface area contributed by atoms with Crippen molar-refractivity contribution in [2.45, 2.75) is 77.2 Å². The SMILES string of the molecule is CCC(C)(C)NS(=O)(=O)c1cc(-c2nc(C)c(C(=O)N3CCCCCC3)s2)n(C)c1C. The molecule has 3 heterocycles. The Morgan fingerprint density at radius 1 is 1.19 bits per heavy atom. The quantitative estimate of drug-likeness (QED) is 0.690. The van der Waals surface area contributed by atoms with Gasteiger partial charge in [0.05, 0.1) is 11.4 Å². The van der Waals surface area contributed by atoms with Crippen LogP contribution in [0.3, 0.4) is 0 Å². The zero-order valence-electron chi connectivity index (χ0n) is 19.4. The van der Waals surface area contributed by atoms with Crippen molar-refractivity contribution in [3.05, 3.63) is 22.3 Å². The van der Waals surface area contributed by atoms with Gasteiger partial charge < -0.3 is 9.47 Å². The summed E-state index contributed by atoms with van der Waals surface area (Å²) in [5.41, 5.74) is 1.51. The number of thiazole rings is 1. The van der Waals surface area contributed by atoms with E-state index in [1.807, 2.05) is 44.2 Å². The van der Waals surface area contributed by atoms with E-state index in [9.17, 15) is 13.2 Å². The summed E-state index contributed by atoms with van der Waals surface area (Å²) in [7, 11) is -1.85. The van der Waals surface area contributed by atoms with Crippen LogP contribution in [-0.2, 0) is 17.1 Å². The summed E-state index contributed by atoms with van der Waals surface area (Å²) in [6.07, 6.45) is 5.09. The minimum atomic E-state index is -3.68. The molecular formula is C22H34N4O3S2. The standard InChI is InChI=1S/C22H34N4O3S2/c1-7-22(4,5)24-31(28,29)18-14-17(25(6)16(18)3)20-23-15(2)19(30-20)21(27)26-12-10-8-9-11-13-26/h14,24H,7-13H2,1-6H3. The summed E-state index contributed by atoms with van der Waals surface area (Å²) in [5, 5.41) is 0.664. The molecule has 0 spiro atoms. The second-order valence-corrected chi connectivity index (χ2v) is 11.7. The van der Waals surface area contributed by atoms with Gasteiger partial charge in [0, 0.05) is 31.4 Å². The van der Waals surface area contributed by atoms with Crippen molar-refractivity contribution in [2.75, 3.05) is 13.1 Å². The van der Waals surface area contributed by atoms with Gasteiger partial charge in [-0.15, -0.1) is 11.3 Å². The molecule has 0 radical (unpaired) electrons. The Balaban J connectivity index is 1.95. The van der Waals surface area contributed by atoms with Gasteiger partial charge in [0.2, 0.25) is 10.0 Å². The lowest BCUT2D eigenvalue weighted by Crippen LogP contribution is -2.42. The molecule has 1 saturated heterocycles. The number of hydrogen-bond donors (Lipinski definition) is 1. The van der Waals surface area contributed by atoms with E-state index < -0.39 is 15.6 Å². The lowest BCUT2D eigenvalue weighted by atomic mass is 10.0. The van der Waals surface area contributed by atoms with Gasteiger partial charge in [0.1, 0.15) is 14.8 Å². The number of rotatable bonds is 6. The Bertz CT molecular complexity index is 1060. The summed E-state index contributed by atoms with van der Waals surface area (Å²) in [6.45, 7) is 10.9. The summed E-state index contributed by atoms with van der Waals surface area (Å²) in [4.78, 5) is 20.6. The first kappa shape index (κ1) is 23.9. The van der Waals surface area contributed by atoms with Gasteiger partial charge in [0.15, 0.2) is 0 Å². The van der Waals surface area contributed by atoms with E-state index in [0.29, 0.717) is 33.4 Å². The van der Waals surface area contributed by atoms with Gasteiger partial charge in [-0.3, -0.25) is 4.79 Å². The molecule has 1 aliphatic heterocycles. The molecule has 0 aliphatic carbocycles. The minimum Gasteiger partial charge on any atom is -0.345 e. The monoisotopic (exact) mass is 466 g/mol. The van der Waals surface area contributed by atoms with Gasteiger partial charge in [-0.2, -0.15) is 0 Å². The molecule has 2 aromatic heterocycles. The Kier molecular flexibility index (Phi) is 6.98. The molecule has 0 bridgehead atoms. The number of carbonyl (C=O) groups is 1. The first-order chi connectivity index (χ1) is 14.5. The number of nitrogens with one attached hydrogen (secondary N) is 1. The molecular weight excluding hydrogens is 432 g/mol. The van der Waals surface area contributed by atoms with Crippen LogP contribution in [-0.4, -0.2) is 47.4 Å². The number of hydrogen-bond acceptors (Lipinski definition) is 5. The zero-order chi connectivity index (χ0) is 23.0. The average molecular weight is 467 g/mol. The van der Waals surface area contributed by atoms with Gasteiger partial charge >= 0.3 is 0 Å². The van der Waals surface area contributed by atoms with Gasteiger partial charge in [-0.25, -0.2) is 18.1 Å². The Labute approximate surface area is 189 Å². The molecule has 9 heteroatoms. The molecule has 3 rings (SSSR count). The Hall–Kier alpha value is -1.71. The van der Waals surface area contributed by atoms with E-state index in [1.54, 1.807) is 13.0 Å². The third kappa shape index (κ3) is 5.04. The molecule has 0 atom stereocenters. The number of amides is 1. The Morgan fingerprint density at radius 3 is 2.39 bits per heavy atom. The van der Waals surface area contributed by atoms with E-state index in [-0.39, 0.29) is 10.8 Å². The number of nitrogens with zero attached hydrogens (tertiary/aromatic N) is 3. The lowest BCUT2D eigenvalue weighted by Gasteiger charge is -2.24. The normalized spacial score (nSPS) is 15.9. The lowest BCUT2D eigenvalue weighted by molar-refractivity contribution is 0.0765. The topological polar surface area (TPSA) is 84.3 Å². The van der Waals surface area contributed by atoms with Crippen molar-refractivity contribution in [3.63, 3.8) is 0 Å². The van der Waals surface area contributed by atoms with Crippen LogP contribution in [0.1, 0.15) is 73.9 Å². The molecule has 172 valence electrons. The molecule has 0 aromatic carbocycles. The number of carbonyl (C=O) groups excluding carboxylic acids is 1. The average Bonchev–Trinajstić information content (AvgIpc) is 3.08. The number of likely N-dealkylation sites (tertiary alicyclic amines) is 1.